The smallest absolute Gasteiger partial charge is 0.139 e. The summed E-state index contributed by atoms with van der Waals surface area (Å²) >= 11 is 0. The number of aromatic hydroxyl groups is 1. The minimum atomic E-state index is 0.305. The minimum absolute atomic E-state index is 0.305. The van der Waals surface area contributed by atoms with Crippen LogP contribution in [0.25, 0.3) is 0 Å². The maximum Gasteiger partial charge on any atom is 0.139 e. The number of rotatable bonds is 5. The van der Waals surface area contributed by atoms with Crippen LogP contribution in [-0.2, 0) is 6.54 Å². The lowest BCUT2D eigenvalue weighted by Crippen LogP contribution is -2.19. The van der Waals surface area contributed by atoms with E-state index in [0.717, 1.165) is 11.3 Å². The molecule has 2 N–H and O–H groups in total. The highest BCUT2D eigenvalue weighted by Gasteiger charge is 1.98. The Hall–Kier alpha value is -2.00. The van der Waals surface area contributed by atoms with Crippen LogP contribution in [0.4, 0.5) is 0 Å². The highest BCUT2D eigenvalue weighted by atomic mass is 16.5. The number of benzene rings is 2. The van der Waals surface area contributed by atoms with Crippen molar-refractivity contribution < 1.29 is 9.84 Å². The molecule has 0 unspecified atom stereocenters. The molecule has 0 saturated carbocycles. The largest absolute Gasteiger partial charge is 0.508 e. The Labute approximate surface area is 101 Å². The van der Waals surface area contributed by atoms with Crippen LogP contribution in [0.2, 0.25) is 0 Å². The van der Waals surface area contributed by atoms with E-state index in [-0.39, 0.29) is 0 Å². The zero-order chi connectivity index (χ0) is 11.9. The SMILES string of the molecule is Oc1ccccc1CNCOc1ccccc1. The number of ether oxygens (including phenoxy) is 1. The van der Waals surface area contributed by atoms with Gasteiger partial charge in [0.25, 0.3) is 0 Å². The second-order valence-corrected chi connectivity index (χ2v) is 3.66. The van der Waals surface area contributed by atoms with E-state index in [2.05, 4.69) is 5.32 Å². The van der Waals surface area contributed by atoms with Crippen LogP contribution < -0.4 is 10.1 Å². The second-order valence-electron chi connectivity index (χ2n) is 3.66. The number of hydrogen-bond donors (Lipinski definition) is 2. The van der Waals surface area contributed by atoms with Crippen molar-refractivity contribution in [3.63, 3.8) is 0 Å². The first-order chi connectivity index (χ1) is 8.36. The predicted molar refractivity (Wildman–Crippen MR) is 66.9 cm³/mol. The molecular weight excluding hydrogens is 214 g/mol. The summed E-state index contributed by atoms with van der Waals surface area (Å²) in [6.45, 7) is 0.998. The number of phenols is 1. The normalized spacial score (nSPS) is 10.1. The fourth-order valence-corrected chi connectivity index (χ4v) is 1.50. The fraction of sp³-hybridized carbons (Fsp3) is 0.143. The van der Waals surface area contributed by atoms with Crippen LogP contribution in [0.5, 0.6) is 11.5 Å². The van der Waals surface area contributed by atoms with Crippen molar-refractivity contribution in [3.05, 3.63) is 60.2 Å². The molecule has 0 aromatic heterocycles. The van der Waals surface area contributed by atoms with Gasteiger partial charge in [0, 0.05) is 12.1 Å². The molecule has 88 valence electrons. The monoisotopic (exact) mass is 229 g/mol. The van der Waals surface area contributed by atoms with Crippen molar-refractivity contribution in [1.82, 2.24) is 5.32 Å². The van der Waals surface area contributed by atoms with Crippen LogP contribution >= 0.6 is 0 Å². The van der Waals surface area contributed by atoms with Crippen molar-refractivity contribution in [2.45, 2.75) is 6.54 Å². The Morgan fingerprint density at radius 3 is 2.41 bits per heavy atom. The van der Waals surface area contributed by atoms with Crippen molar-refractivity contribution in [3.8, 4) is 11.5 Å². The third kappa shape index (κ3) is 3.50. The first kappa shape index (κ1) is 11.5. The molecule has 0 aliphatic heterocycles. The molecular formula is C14H15NO2. The van der Waals surface area contributed by atoms with Gasteiger partial charge >= 0.3 is 0 Å². The van der Waals surface area contributed by atoms with Gasteiger partial charge in [0.2, 0.25) is 0 Å². The minimum Gasteiger partial charge on any atom is -0.508 e. The first-order valence-corrected chi connectivity index (χ1v) is 5.52. The third-order valence-electron chi connectivity index (χ3n) is 2.39. The summed E-state index contributed by atoms with van der Waals surface area (Å²) in [7, 11) is 0. The molecule has 0 aliphatic carbocycles. The number of hydrogen-bond acceptors (Lipinski definition) is 3. The van der Waals surface area contributed by atoms with Crippen molar-refractivity contribution >= 4 is 0 Å². The van der Waals surface area contributed by atoms with E-state index in [4.69, 9.17) is 4.74 Å². The Balaban J connectivity index is 1.76. The summed E-state index contributed by atoms with van der Waals surface area (Å²) in [5.41, 5.74) is 0.865. The van der Waals surface area contributed by atoms with Gasteiger partial charge in [-0.2, -0.15) is 0 Å². The molecule has 3 heteroatoms. The van der Waals surface area contributed by atoms with E-state index in [1.807, 2.05) is 42.5 Å². The van der Waals surface area contributed by atoms with E-state index in [1.165, 1.54) is 0 Å². The maximum atomic E-state index is 9.55. The Kier molecular flexibility index (Phi) is 4.00. The summed E-state index contributed by atoms with van der Waals surface area (Å²) in [5.74, 6) is 1.14. The van der Waals surface area contributed by atoms with Gasteiger partial charge in [0.05, 0.1) is 0 Å². The average Bonchev–Trinajstić information content (AvgIpc) is 2.38. The summed E-state index contributed by atoms with van der Waals surface area (Å²) in [5, 5.41) is 12.7. The third-order valence-corrected chi connectivity index (χ3v) is 2.39. The summed E-state index contributed by atoms with van der Waals surface area (Å²) in [6, 6.07) is 16.9. The Morgan fingerprint density at radius 1 is 0.941 bits per heavy atom. The average molecular weight is 229 g/mol. The predicted octanol–water partition coefficient (Wildman–Crippen LogP) is 2.52. The van der Waals surface area contributed by atoms with E-state index < -0.39 is 0 Å². The Morgan fingerprint density at radius 2 is 1.65 bits per heavy atom. The molecule has 0 bridgehead atoms. The van der Waals surface area contributed by atoms with E-state index in [0.29, 0.717) is 19.0 Å². The molecule has 0 heterocycles. The summed E-state index contributed by atoms with van der Waals surface area (Å²) < 4.78 is 5.47. The zero-order valence-electron chi connectivity index (χ0n) is 9.47. The van der Waals surface area contributed by atoms with Gasteiger partial charge < -0.3 is 9.84 Å². The first-order valence-electron chi connectivity index (χ1n) is 5.52. The van der Waals surface area contributed by atoms with Crippen molar-refractivity contribution in [2.24, 2.45) is 0 Å². The molecule has 0 aliphatic rings. The lowest BCUT2D eigenvalue weighted by atomic mass is 10.2. The number of nitrogens with one attached hydrogen (secondary N) is 1. The van der Waals surface area contributed by atoms with Gasteiger partial charge in [-0.25, -0.2) is 0 Å². The molecule has 0 amide bonds. The standard InChI is InChI=1S/C14H15NO2/c16-14-9-5-4-6-12(14)10-15-11-17-13-7-2-1-3-8-13/h1-9,15-16H,10-11H2. The number of para-hydroxylation sites is 2. The highest BCUT2D eigenvalue weighted by molar-refractivity contribution is 5.31. The molecule has 0 radical (unpaired) electrons. The van der Waals surface area contributed by atoms with Gasteiger partial charge in [-0.3, -0.25) is 5.32 Å². The number of phenolic OH excluding ortho intramolecular Hbond substituents is 1. The van der Waals surface area contributed by atoms with E-state index >= 15 is 0 Å². The van der Waals surface area contributed by atoms with E-state index in [1.54, 1.807) is 12.1 Å². The molecule has 0 atom stereocenters. The second kappa shape index (κ2) is 5.92. The lowest BCUT2D eigenvalue weighted by molar-refractivity contribution is 0.281. The molecule has 2 rings (SSSR count). The zero-order valence-corrected chi connectivity index (χ0v) is 9.47. The molecule has 0 fully saturated rings. The van der Waals surface area contributed by atoms with Gasteiger partial charge in [-0.05, 0) is 18.2 Å². The van der Waals surface area contributed by atoms with Gasteiger partial charge in [0.15, 0.2) is 0 Å². The lowest BCUT2D eigenvalue weighted by Gasteiger charge is -2.08. The van der Waals surface area contributed by atoms with Crippen LogP contribution in [0.3, 0.4) is 0 Å². The maximum absolute atomic E-state index is 9.55. The molecule has 0 spiro atoms. The molecule has 17 heavy (non-hydrogen) atoms. The van der Waals surface area contributed by atoms with Crippen LogP contribution in [-0.4, -0.2) is 11.8 Å². The molecule has 3 nitrogen and oxygen atoms in total. The van der Waals surface area contributed by atoms with Crippen LogP contribution in [0, 0.1) is 0 Å². The van der Waals surface area contributed by atoms with E-state index in [9.17, 15) is 5.11 Å². The summed E-state index contributed by atoms with van der Waals surface area (Å²) in [6.07, 6.45) is 0. The Bertz CT molecular complexity index is 457. The van der Waals surface area contributed by atoms with Crippen LogP contribution in [0.1, 0.15) is 5.56 Å². The van der Waals surface area contributed by atoms with Crippen LogP contribution in [0.15, 0.2) is 54.6 Å². The quantitative estimate of drug-likeness (QED) is 0.611. The molecule has 2 aromatic carbocycles. The topological polar surface area (TPSA) is 41.5 Å². The molecule has 0 saturated heterocycles. The van der Waals surface area contributed by atoms with Gasteiger partial charge in [-0.15, -0.1) is 0 Å². The van der Waals surface area contributed by atoms with Gasteiger partial charge in [0.1, 0.15) is 18.2 Å². The summed E-state index contributed by atoms with van der Waals surface area (Å²) in [4.78, 5) is 0. The highest BCUT2D eigenvalue weighted by Crippen LogP contribution is 2.14. The van der Waals surface area contributed by atoms with Crippen molar-refractivity contribution in [2.75, 3.05) is 6.73 Å². The van der Waals surface area contributed by atoms with Crippen molar-refractivity contribution in [1.29, 1.82) is 0 Å². The molecule has 2 aromatic rings. The fourth-order valence-electron chi connectivity index (χ4n) is 1.50. The van der Waals surface area contributed by atoms with Gasteiger partial charge in [-0.1, -0.05) is 36.4 Å².